The molecule has 0 aliphatic carbocycles. The van der Waals surface area contributed by atoms with E-state index < -0.39 is 12.1 Å². The van der Waals surface area contributed by atoms with E-state index in [4.69, 9.17) is 15.0 Å². The Morgan fingerprint density at radius 1 is 1.54 bits per heavy atom. The van der Waals surface area contributed by atoms with Crippen LogP contribution in [-0.4, -0.2) is 34.6 Å². The van der Waals surface area contributed by atoms with Gasteiger partial charge in [-0.1, -0.05) is 11.2 Å². The molecular formula is C16H19N3O4S. The number of aryl methyl sites for hydroxylation is 1. The zero-order chi connectivity index (χ0) is 17.3. The smallest absolute Gasteiger partial charge is 0.346 e. The van der Waals surface area contributed by atoms with Gasteiger partial charge in [0.25, 0.3) is 5.91 Å². The van der Waals surface area contributed by atoms with E-state index in [2.05, 4.69) is 5.16 Å². The third kappa shape index (κ3) is 3.01. The first-order valence-corrected chi connectivity index (χ1v) is 8.63. The van der Waals surface area contributed by atoms with Crippen LogP contribution >= 0.6 is 11.3 Å². The van der Waals surface area contributed by atoms with Gasteiger partial charge in [-0.2, -0.15) is 0 Å². The van der Waals surface area contributed by atoms with Crippen LogP contribution in [0.2, 0.25) is 0 Å². The monoisotopic (exact) mass is 349 g/mol. The topological polar surface area (TPSA) is 98.7 Å². The van der Waals surface area contributed by atoms with Gasteiger partial charge in [-0.3, -0.25) is 4.79 Å². The number of carbonyl (C=O) groups excluding carboxylic acids is 2. The van der Waals surface area contributed by atoms with Gasteiger partial charge >= 0.3 is 5.97 Å². The van der Waals surface area contributed by atoms with Crippen LogP contribution in [0.1, 0.15) is 46.7 Å². The van der Waals surface area contributed by atoms with E-state index in [0.717, 1.165) is 17.7 Å². The van der Waals surface area contributed by atoms with E-state index in [-0.39, 0.29) is 23.4 Å². The van der Waals surface area contributed by atoms with Gasteiger partial charge in [-0.05, 0) is 38.1 Å². The van der Waals surface area contributed by atoms with E-state index in [1.807, 2.05) is 17.5 Å². The van der Waals surface area contributed by atoms with Crippen LogP contribution in [0.3, 0.4) is 0 Å². The zero-order valence-electron chi connectivity index (χ0n) is 13.5. The van der Waals surface area contributed by atoms with E-state index in [0.29, 0.717) is 12.2 Å². The minimum atomic E-state index is -0.897. The van der Waals surface area contributed by atoms with Gasteiger partial charge in [-0.15, -0.1) is 11.3 Å². The maximum absolute atomic E-state index is 12.7. The second kappa shape index (κ2) is 6.64. The Balaban J connectivity index is 1.69. The summed E-state index contributed by atoms with van der Waals surface area (Å²) in [5, 5.41) is 5.62. The lowest BCUT2D eigenvalue weighted by Crippen LogP contribution is -2.39. The molecule has 0 saturated carbocycles. The van der Waals surface area contributed by atoms with Gasteiger partial charge in [0.05, 0.1) is 11.7 Å². The Bertz CT molecular complexity index is 721. The molecule has 0 radical (unpaired) electrons. The van der Waals surface area contributed by atoms with E-state index in [1.165, 1.54) is 0 Å². The van der Waals surface area contributed by atoms with Crippen LogP contribution in [0.5, 0.6) is 0 Å². The molecule has 1 aliphatic heterocycles. The highest BCUT2D eigenvalue weighted by molar-refractivity contribution is 7.10. The van der Waals surface area contributed by atoms with Gasteiger partial charge < -0.3 is 19.9 Å². The molecule has 1 aliphatic rings. The fourth-order valence-electron chi connectivity index (χ4n) is 2.95. The Kier molecular flexibility index (Phi) is 4.57. The van der Waals surface area contributed by atoms with Gasteiger partial charge in [0.1, 0.15) is 5.56 Å². The Labute approximate surface area is 143 Å². The number of hydrogen-bond donors (Lipinski definition) is 1. The molecule has 24 heavy (non-hydrogen) atoms. The summed E-state index contributed by atoms with van der Waals surface area (Å²) < 4.78 is 10.0. The molecule has 1 amide bonds. The molecular weight excluding hydrogens is 330 g/mol. The van der Waals surface area contributed by atoms with Crippen molar-refractivity contribution in [2.45, 2.75) is 38.8 Å². The predicted molar refractivity (Wildman–Crippen MR) is 88.5 cm³/mol. The first-order chi connectivity index (χ1) is 11.5. The Morgan fingerprint density at radius 2 is 2.33 bits per heavy atom. The summed E-state index contributed by atoms with van der Waals surface area (Å²) in [5.74, 6) is -0.999. The number of thiophene rings is 1. The number of anilines is 1. The van der Waals surface area contributed by atoms with Crippen LogP contribution < -0.4 is 5.73 Å². The Hall–Kier alpha value is -2.35. The second-order valence-corrected chi connectivity index (χ2v) is 6.74. The van der Waals surface area contributed by atoms with Gasteiger partial charge in [-0.25, -0.2) is 4.79 Å². The number of carbonyl (C=O) groups is 2. The van der Waals surface area contributed by atoms with E-state index in [9.17, 15) is 9.59 Å². The first kappa shape index (κ1) is 16.5. The van der Waals surface area contributed by atoms with Gasteiger partial charge in [0.15, 0.2) is 6.10 Å². The highest BCUT2D eigenvalue weighted by atomic mass is 32.1. The molecule has 0 bridgehead atoms. The van der Waals surface area contributed by atoms with Crippen LogP contribution in [0, 0.1) is 6.92 Å². The molecule has 0 unspecified atom stereocenters. The van der Waals surface area contributed by atoms with Gasteiger partial charge in [0.2, 0.25) is 5.88 Å². The van der Waals surface area contributed by atoms with Crippen LogP contribution in [0.25, 0.3) is 0 Å². The summed E-state index contributed by atoms with van der Waals surface area (Å²) in [7, 11) is 0. The van der Waals surface area contributed by atoms with Crippen molar-refractivity contribution in [3.05, 3.63) is 33.6 Å². The van der Waals surface area contributed by atoms with Crippen molar-refractivity contribution in [2.75, 3.05) is 12.3 Å². The average Bonchev–Trinajstić information content (AvgIpc) is 3.26. The third-order valence-corrected chi connectivity index (χ3v) is 5.11. The number of nitrogens with zero attached hydrogens (tertiary/aromatic N) is 2. The summed E-state index contributed by atoms with van der Waals surface area (Å²) in [4.78, 5) is 27.9. The molecule has 2 atom stereocenters. The summed E-state index contributed by atoms with van der Waals surface area (Å²) in [6.07, 6.45) is 0.962. The lowest BCUT2D eigenvalue weighted by atomic mass is 10.2. The van der Waals surface area contributed by atoms with Crippen molar-refractivity contribution in [3.63, 3.8) is 0 Å². The number of nitrogen functional groups attached to an aromatic ring is 1. The molecule has 0 aromatic carbocycles. The number of hydrogen-bond acceptors (Lipinski definition) is 7. The number of amides is 1. The summed E-state index contributed by atoms with van der Waals surface area (Å²) in [5.41, 5.74) is 6.00. The maximum atomic E-state index is 12.7. The molecule has 7 nitrogen and oxygen atoms in total. The maximum Gasteiger partial charge on any atom is 0.346 e. The van der Waals surface area contributed by atoms with Crippen molar-refractivity contribution < 1.29 is 18.8 Å². The summed E-state index contributed by atoms with van der Waals surface area (Å²) >= 11 is 1.63. The van der Waals surface area contributed by atoms with E-state index in [1.54, 1.807) is 30.1 Å². The second-order valence-electron chi connectivity index (χ2n) is 5.76. The fourth-order valence-corrected chi connectivity index (χ4v) is 3.82. The van der Waals surface area contributed by atoms with Gasteiger partial charge in [0, 0.05) is 11.4 Å². The SMILES string of the molecule is Cc1noc(N)c1C(=O)O[C@@H](C)C(=O)N1CCC[C@H]1c1cccs1. The van der Waals surface area contributed by atoms with Crippen LogP contribution in [0.15, 0.2) is 22.0 Å². The number of esters is 1. The number of ether oxygens (including phenoxy) is 1. The molecule has 1 saturated heterocycles. The van der Waals surface area contributed by atoms with Crippen molar-refractivity contribution in [1.29, 1.82) is 0 Å². The van der Waals surface area contributed by atoms with Crippen molar-refractivity contribution in [3.8, 4) is 0 Å². The highest BCUT2D eigenvalue weighted by Gasteiger charge is 2.35. The first-order valence-electron chi connectivity index (χ1n) is 7.75. The van der Waals surface area contributed by atoms with Crippen LogP contribution in [-0.2, 0) is 9.53 Å². The minimum absolute atomic E-state index is 0.0565. The zero-order valence-corrected chi connectivity index (χ0v) is 14.3. The third-order valence-electron chi connectivity index (χ3n) is 4.13. The largest absolute Gasteiger partial charge is 0.449 e. The molecule has 3 rings (SSSR count). The number of aromatic nitrogens is 1. The number of nitrogens with two attached hydrogens (primary N) is 1. The molecule has 8 heteroatoms. The molecule has 2 aromatic rings. The quantitative estimate of drug-likeness (QED) is 0.852. The molecule has 2 aromatic heterocycles. The Morgan fingerprint density at radius 3 is 2.96 bits per heavy atom. The fraction of sp³-hybridized carbons (Fsp3) is 0.438. The summed E-state index contributed by atoms with van der Waals surface area (Å²) in [6.45, 7) is 3.83. The predicted octanol–water partition coefficient (Wildman–Crippen LogP) is 2.54. The molecule has 2 N–H and O–H groups in total. The lowest BCUT2D eigenvalue weighted by Gasteiger charge is -2.26. The van der Waals surface area contributed by atoms with E-state index >= 15 is 0 Å². The minimum Gasteiger partial charge on any atom is -0.449 e. The lowest BCUT2D eigenvalue weighted by molar-refractivity contribution is -0.140. The van der Waals surface area contributed by atoms with Crippen LogP contribution in [0.4, 0.5) is 5.88 Å². The molecule has 3 heterocycles. The molecule has 128 valence electrons. The molecule has 0 spiro atoms. The number of likely N-dealkylation sites (tertiary alicyclic amines) is 1. The average molecular weight is 349 g/mol. The number of rotatable bonds is 4. The molecule has 1 fully saturated rings. The van der Waals surface area contributed by atoms with Crippen molar-refractivity contribution >= 4 is 29.1 Å². The standard InChI is InChI=1S/C16H19N3O4S/c1-9-13(14(17)23-18-9)16(21)22-10(2)15(20)19-7-3-5-11(19)12-6-4-8-24-12/h4,6,8,10-11H,3,5,7,17H2,1-2H3/t10-,11-/m0/s1. The highest BCUT2D eigenvalue weighted by Crippen LogP contribution is 2.35. The normalized spacial score (nSPS) is 18.6. The summed E-state index contributed by atoms with van der Waals surface area (Å²) in [6, 6.07) is 4.06. The van der Waals surface area contributed by atoms with Crippen molar-refractivity contribution in [1.82, 2.24) is 10.1 Å². The van der Waals surface area contributed by atoms with Crippen molar-refractivity contribution in [2.24, 2.45) is 0 Å².